The van der Waals surface area contributed by atoms with Crippen LogP contribution in [0.1, 0.15) is 31.9 Å². The number of benzene rings is 1. The number of anilines is 1. The molecule has 0 aliphatic carbocycles. The summed E-state index contributed by atoms with van der Waals surface area (Å²) in [5.74, 6) is 0.213. The van der Waals surface area contributed by atoms with Crippen LogP contribution in [0.2, 0.25) is 0 Å². The molecular weight excluding hydrogens is 276 g/mol. The second-order valence-corrected chi connectivity index (χ2v) is 7.41. The minimum atomic E-state index is -3.64. The Hall–Kier alpha value is -1.82. The molecule has 0 spiro atoms. The van der Waals surface area contributed by atoms with Gasteiger partial charge in [-0.05, 0) is 30.0 Å². The fraction of sp³-hybridized carbons (Fsp3) is 0.357. The summed E-state index contributed by atoms with van der Waals surface area (Å²) in [6, 6.07) is 6.84. The van der Waals surface area contributed by atoms with Crippen LogP contribution < -0.4 is 4.72 Å². The highest BCUT2D eigenvalue weighted by Gasteiger charge is 2.19. The van der Waals surface area contributed by atoms with Crippen molar-refractivity contribution in [2.24, 2.45) is 0 Å². The zero-order chi connectivity index (χ0) is 15.0. The summed E-state index contributed by atoms with van der Waals surface area (Å²) in [5.41, 5.74) is 1.70. The van der Waals surface area contributed by atoms with Crippen molar-refractivity contribution < 1.29 is 12.9 Å². The van der Waals surface area contributed by atoms with Crippen molar-refractivity contribution >= 4 is 15.8 Å². The Balaban J connectivity index is 2.29. The van der Waals surface area contributed by atoms with Crippen molar-refractivity contribution in [2.75, 3.05) is 4.72 Å². The molecule has 6 heteroatoms. The van der Waals surface area contributed by atoms with E-state index < -0.39 is 10.0 Å². The van der Waals surface area contributed by atoms with E-state index in [2.05, 4.69) is 30.6 Å². The molecule has 20 heavy (non-hydrogen) atoms. The maximum Gasteiger partial charge on any atom is 0.263 e. The predicted molar refractivity (Wildman–Crippen MR) is 77.2 cm³/mol. The summed E-state index contributed by atoms with van der Waals surface area (Å²) in [4.78, 5) is 0.202. The number of hydrogen-bond donors (Lipinski definition) is 1. The molecule has 0 atom stereocenters. The zero-order valence-corrected chi connectivity index (χ0v) is 12.8. The molecule has 0 amide bonds. The van der Waals surface area contributed by atoms with Gasteiger partial charge in [-0.1, -0.05) is 38.1 Å². The predicted octanol–water partition coefficient (Wildman–Crippen LogP) is 3.08. The largest absolute Gasteiger partial charge is 0.362 e. The van der Waals surface area contributed by atoms with Crippen LogP contribution >= 0.6 is 0 Å². The molecule has 5 nitrogen and oxygen atoms in total. The minimum Gasteiger partial charge on any atom is -0.362 e. The van der Waals surface area contributed by atoms with E-state index in [4.69, 9.17) is 4.52 Å². The van der Waals surface area contributed by atoms with Crippen LogP contribution in [-0.4, -0.2) is 13.6 Å². The standard InChI is InChI=1S/C14H18N2O3S/c1-10-9-19-15-13(10)16-20(17,18)12-7-5-11(6-8-12)14(2,3)4/h5-9H,1-4H3,(H,15,16). The first-order valence-corrected chi connectivity index (χ1v) is 7.73. The molecule has 1 aromatic heterocycles. The second-order valence-electron chi connectivity index (χ2n) is 5.73. The molecule has 0 bridgehead atoms. The first kappa shape index (κ1) is 14.6. The molecule has 2 rings (SSSR count). The molecule has 108 valence electrons. The quantitative estimate of drug-likeness (QED) is 0.944. The van der Waals surface area contributed by atoms with Crippen molar-refractivity contribution in [1.82, 2.24) is 5.16 Å². The van der Waals surface area contributed by atoms with Crippen LogP contribution in [0.3, 0.4) is 0 Å². The first-order valence-electron chi connectivity index (χ1n) is 6.24. The lowest BCUT2D eigenvalue weighted by Gasteiger charge is -2.19. The van der Waals surface area contributed by atoms with Gasteiger partial charge in [0.25, 0.3) is 10.0 Å². The zero-order valence-electron chi connectivity index (χ0n) is 12.0. The number of sulfonamides is 1. The van der Waals surface area contributed by atoms with Gasteiger partial charge in [0.2, 0.25) is 0 Å². The van der Waals surface area contributed by atoms with Crippen LogP contribution in [0.5, 0.6) is 0 Å². The number of hydrogen-bond acceptors (Lipinski definition) is 4. The molecule has 0 saturated carbocycles. The summed E-state index contributed by atoms with van der Waals surface area (Å²) >= 11 is 0. The third-order valence-electron chi connectivity index (χ3n) is 3.01. The van der Waals surface area contributed by atoms with Crippen molar-refractivity contribution in [3.05, 3.63) is 41.7 Å². The Kier molecular flexibility index (Phi) is 3.60. The highest BCUT2D eigenvalue weighted by atomic mass is 32.2. The highest BCUT2D eigenvalue weighted by Crippen LogP contribution is 2.24. The first-order chi connectivity index (χ1) is 9.20. The van der Waals surface area contributed by atoms with E-state index >= 15 is 0 Å². The maximum absolute atomic E-state index is 12.2. The van der Waals surface area contributed by atoms with Gasteiger partial charge >= 0.3 is 0 Å². The summed E-state index contributed by atoms with van der Waals surface area (Å²) in [5, 5.41) is 3.62. The Labute approximate surface area is 119 Å². The van der Waals surface area contributed by atoms with Crippen molar-refractivity contribution in [1.29, 1.82) is 0 Å². The number of aryl methyl sites for hydroxylation is 1. The van der Waals surface area contributed by atoms with Gasteiger partial charge < -0.3 is 4.52 Å². The number of rotatable bonds is 3. The maximum atomic E-state index is 12.2. The molecule has 0 fully saturated rings. The average Bonchev–Trinajstić information content (AvgIpc) is 2.73. The molecule has 2 aromatic rings. The molecule has 0 aliphatic heterocycles. The SMILES string of the molecule is Cc1conc1NS(=O)(=O)c1ccc(C(C)(C)C)cc1. The topological polar surface area (TPSA) is 72.2 Å². The number of nitrogens with zero attached hydrogens (tertiary/aromatic N) is 1. The van der Waals surface area contributed by atoms with Gasteiger partial charge in [-0.2, -0.15) is 0 Å². The highest BCUT2D eigenvalue weighted by molar-refractivity contribution is 7.92. The summed E-state index contributed by atoms with van der Waals surface area (Å²) in [6.07, 6.45) is 1.39. The molecule has 0 aliphatic rings. The van der Waals surface area contributed by atoms with Crippen molar-refractivity contribution in [3.8, 4) is 0 Å². The van der Waals surface area contributed by atoms with E-state index in [1.807, 2.05) is 12.1 Å². The van der Waals surface area contributed by atoms with Gasteiger partial charge in [-0.15, -0.1) is 0 Å². The minimum absolute atomic E-state index is 0.0155. The van der Waals surface area contributed by atoms with E-state index in [-0.39, 0.29) is 16.1 Å². The van der Waals surface area contributed by atoms with Gasteiger partial charge in [-0.3, -0.25) is 4.72 Å². The van der Waals surface area contributed by atoms with Gasteiger partial charge in [0.1, 0.15) is 6.26 Å². The average molecular weight is 294 g/mol. The smallest absolute Gasteiger partial charge is 0.263 e. The molecule has 1 heterocycles. The normalized spacial score (nSPS) is 12.4. The van der Waals surface area contributed by atoms with E-state index in [0.717, 1.165) is 5.56 Å². The van der Waals surface area contributed by atoms with Crippen LogP contribution in [0.25, 0.3) is 0 Å². The van der Waals surface area contributed by atoms with Gasteiger partial charge in [0.15, 0.2) is 5.82 Å². The molecule has 1 N–H and O–H groups in total. The van der Waals surface area contributed by atoms with Crippen LogP contribution in [0.4, 0.5) is 5.82 Å². The van der Waals surface area contributed by atoms with Gasteiger partial charge in [0, 0.05) is 5.56 Å². The van der Waals surface area contributed by atoms with Crippen LogP contribution in [-0.2, 0) is 15.4 Å². The van der Waals surface area contributed by atoms with E-state index in [1.54, 1.807) is 19.1 Å². The second kappa shape index (κ2) is 4.94. The molecule has 0 radical (unpaired) electrons. The Morgan fingerprint density at radius 3 is 2.20 bits per heavy atom. The van der Waals surface area contributed by atoms with Crippen molar-refractivity contribution in [2.45, 2.75) is 38.0 Å². The van der Waals surface area contributed by atoms with Crippen LogP contribution in [0, 0.1) is 6.92 Å². The fourth-order valence-electron chi connectivity index (χ4n) is 1.71. The lowest BCUT2D eigenvalue weighted by Crippen LogP contribution is -2.15. The molecule has 0 unspecified atom stereocenters. The van der Waals surface area contributed by atoms with E-state index in [1.165, 1.54) is 6.26 Å². The Morgan fingerprint density at radius 1 is 1.15 bits per heavy atom. The third-order valence-corrected chi connectivity index (χ3v) is 4.36. The van der Waals surface area contributed by atoms with Crippen molar-refractivity contribution in [3.63, 3.8) is 0 Å². The van der Waals surface area contributed by atoms with Gasteiger partial charge in [0.05, 0.1) is 4.90 Å². The Bertz CT molecular complexity index is 695. The van der Waals surface area contributed by atoms with E-state index in [0.29, 0.717) is 5.56 Å². The monoisotopic (exact) mass is 294 g/mol. The molecular formula is C14H18N2O3S. The molecule has 1 aromatic carbocycles. The lowest BCUT2D eigenvalue weighted by atomic mass is 9.87. The summed E-state index contributed by atoms with van der Waals surface area (Å²) in [7, 11) is -3.64. The molecule has 0 saturated heterocycles. The fourth-order valence-corrected chi connectivity index (χ4v) is 2.77. The number of aromatic nitrogens is 1. The summed E-state index contributed by atoms with van der Waals surface area (Å²) in [6.45, 7) is 7.95. The van der Waals surface area contributed by atoms with Crippen LogP contribution in [0.15, 0.2) is 39.9 Å². The lowest BCUT2D eigenvalue weighted by molar-refractivity contribution is 0.422. The van der Waals surface area contributed by atoms with Gasteiger partial charge in [-0.25, -0.2) is 8.42 Å². The Morgan fingerprint density at radius 2 is 1.75 bits per heavy atom. The number of nitrogens with one attached hydrogen (secondary N) is 1. The summed E-state index contributed by atoms with van der Waals surface area (Å²) < 4.78 is 31.6. The van der Waals surface area contributed by atoms with E-state index in [9.17, 15) is 8.42 Å². The third kappa shape index (κ3) is 3.01.